The molecule has 2 heterocycles. The number of ether oxygens (including phenoxy) is 1. The van der Waals surface area contributed by atoms with Crippen LogP contribution < -0.4 is 16.6 Å². The lowest BCUT2D eigenvalue weighted by atomic mass is 10.0. The van der Waals surface area contributed by atoms with Gasteiger partial charge in [0.05, 0.1) is 11.1 Å². The molecule has 7 nitrogen and oxygen atoms in total. The Bertz CT molecular complexity index is 397. The molecular formula is C9H14BrN5O2. The van der Waals surface area contributed by atoms with Crippen LogP contribution in [0.1, 0.15) is 6.42 Å². The van der Waals surface area contributed by atoms with Gasteiger partial charge in [-0.3, -0.25) is 5.43 Å². The van der Waals surface area contributed by atoms with E-state index < -0.39 is 5.60 Å². The van der Waals surface area contributed by atoms with Gasteiger partial charge in [-0.2, -0.15) is 4.98 Å². The number of aliphatic hydroxyl groups is 1. The van der Waals surface area contributed by atoms with E-state index in [-0.39, 0.29) is 0 Å². The summed E-state index contributed by atoms with van der Waals surface area (Å²) in [7, 11) is 0. The molecule has 0 radical (unpaired) electrons. The molecule has 0 bridgehead atoms. The third-order valence-electron chi connectivity index (χ3n) is 2.54. The SMILES string of the molecule is NNc1ncc(Br)c(NCC2(O)CCOC2)n1. The van der Waals surface area contributed by atoms with Gasteiger partial charge < -0.3 is 15.2 Å². The first kappa shape index (κ1) is 12.5. The van der Waals surface area contributed by atoms with Gasteiger partial charge in [0.25, 0.3) is 0 Å². The zero-order valence-electron chi connectivity index (χ0n) is 9.11. The molecule has 0 aliphatic carbocycles. The van der Waals surface area contributed by atoms with Gasteiger partial charge in [-0.25, -0.2) is 10.8 Å². The molecule has 1 aromatic rings. The fourth-order valence-electron chi connectivity index (χ4n) is 1.54. The van der Waals surface area contributed by atoms with Gasteiger partial charge in [0, 0.05) is 25.8 Å². The van der Waals surface area contributed by atoms with E-state index >= 15 is 0 Å². The van der Waals surface area contributed by atoms with E-state index in [0.717, 1.165) is 0 Å². The number of halogens is 1. The number of anilines is 2. The Morgan fingerprint density at radius 2 is 2.47 bits per heavy atom. The lowest BCUT2D eigenvalue weighted by molar-refractivity contribution is 0.0381. The van der Waals surface area contributed by atoms with Crippen LogP contribution in [0.3, 0.4) is 0 Å². The molecule has 94 valence electrons. The Balaban J connectivity index is 2.02. The molecule has 1 aliphatic rings. The summed E-state index contributed by atoms with van der Waals surface area (Å²) >= 11 is 3.32. The zero-order chi connectivity index (χ0) is 12.3. The smallest absolute Gasteiger partial charge is 0.239 e. The molecule has 1 saturated heterocycles. The minimum atomic E-state index is -0.833. The van der Waals surface area contributed by atoms with Crippen molar-refractivity contribution in [3.8, 4) is 0 Å². The van der Waals surface area contributed by atoms with Crippen LogP contribution in [-0.2, 0) is 4.74 Å². The van der Waals surface area contributed by atoms with Gasteiger partial charge in [0.15, 0.2) is 0 Å². The van der Waals surface area contributed by atoms with Crippen molar-refractivity contribution in [2.75, 3.05) is 30.5 Å². The Morgan fingerprint density at radius 1 is 1.65 bits per heavy atom. The lowest BCUT2D eigenvalue weighted by Crippen LogP contribution is -2.37. The first-order valence-electron chi connectivity index (χ1n) is 5.16. The number of hydrogen-bond donors (Lipinski definition) is 4. The zero-order valence-corrected chi connectivity index (χ0v) is 10.7. The first-order valence-corrected chi connectivity index (χ1v) is 5.95. The highest BCUT2D eigenvalue weighted by molar-refractivity contribution is 9.10. The first-order chi connectivity index (χ1) is 8.13. The summed E-state index contributed by atoms with van der Waals surface area (Å²) in [6.07, 6.45) is 2.20. The van der Waals surface area contributed by atoms with Crippen LogP contribution in [0.5, 0.6) is 0 Å². The molecule has 5 N–H and O–H groups in total. The van der Waals surface area contributed by atoms with Crippen LogP contribution in [0, 0.1) is 0 Å². The normalized spacial score (nSPS) is 23.7. The molecule has 0 saturated carbocycles. The molecule has 8 heteroatoms. The molecule has 0 amide bonds. The molecule has 1 aromatic heterocycles. The van der Waals surface area contributed by atoms with E-state index in [9.17, 15) is 5.11 Å². The summed E-state index contributed by atoms with van der Waals surface area (Å²) in [5.74, 6) is 6.11. The van der Waals surface area contributed by atoms with Crippen molar-refractivity contribution in [3.05, 3.63) is 10.7 Å². The highest BCUT2D eigenvalue weighted by atomic mass is 79.9. The van der Waals surface area contributed by atoms with Crippen molar-refractivity contribution in [1.82, 2.24) is 9.97 Å². The summed E-state index contributed by atoms with van der Waals surface area (Å²) in [4.78, 5) is 8.06. The second kappa shape index (κ2) is 5.13. The van der Waals surface area contributed by atoms with E-state index in [4.69, 9.17) is 10.6 Å². The average Bonchev–Trinajstić information content (AvgIpc) is 2.76. The fourth-order valence-corrected chi connectivity index (χ4v) is 1.88. The maximum Gasteiger partial charge on any atom is 0.239 e. The highest BCUT2D eigenvalue weighted by Gasteiger charge is 2.32. The molecule has 1 atom stereocenters. The average molecular weight is 304 g/mol. The highest BCUT2D eigenvalue weighted by Crippen LogP contribution is 2.23. The Morgan fingerprint density at radius 3 is 3.12 bits per heavy atom. The van der Waals surface area contributed by atoms with E-state index in [2.05, 4.69) is 36.6 Å². The number of rotatable bonds is 4. The molecule has 1 unspecified atom stereocenters. The Hall–Kier alpha value is -0.960. The summed E-state index contributed by atoms with van der Waals surface area (Å²) in [5.41, 5.74) is 1.53. The number of nitrogen functional groups attached to an aromatic ring is 1. The summed E-state index contributed by atoms with van der Waals surface area (Å²) in [6.45, 7) is 1.29. The van der Waals surface area contributed by atoms with Crippen molar-refractivity contribution < 1.29 is 9.84 Å². The third kappa shape index (κ3) is 3.03. The maximum atomic E-state index is 10.1. The minimum Gasteiger partial charge on any atom is -0.386 e. The number of aromatic nitrogens is 2. The largest absolute Gasteiger partial charge is 0.386 e. The number of hydrazine groups is 1. The maximum absolute atomic E-state index is 10.1. The molecular weight excluding hydrogens is 290 g/mol. The van der Waals surface area contributed by atoms with Crippen molar-refractivity contribution >= 4 is 27.7 Å². The predicted molar refractivity (Wildman–Crippen MR) is 66.4 cm³/mol. The van der Waals surface area contributed by atoms with Crippen LogP contribution >= 0.6 is 15.9 Å². The van der Waals surface area contributed by atoms with E-state index in [1.807, 2.05) is 0 Å². The van der Waals surface area contributed by atoms with E-state index in [1.165, 1.54) is 0 Å². The summed E-state index contributed by atoms with van der Waals surface area (Å²) in [5, 5.41) is 13.1. The third-order valence-corrected chi connectivity index (χ3v) is 3.12. The quantitative estimate of drug-likeness (QED) is 0.461. The Kier molecular flexibility index (Phi) is 3.77. The predicted octanol–water partition coefficient (Wildman–Crippen LogP) is 0.0880. The second-order valence-corrected chi connectivity index (χ2v) is 4.77. The molecule has 0 spiro atoms. The van der Waals surface area contributed by atoms with Crippen LogP contribution in [0.15, 0.2) is 10.7 Å². The second-order valence-electron chi connectivity index (χ2n) is 3.91. The van der Waals surface area contributed by atoms with Gasteiger partial charge in [-0.15, -0.1) is 0 Å². The Labute approximate surface area is 107 Å². The van der Waals surface area contributed by atoms with Crippen molar-refractivity contribution in [3.63, 3.8) is 0 Å². The van der Waals surface area contributed by atoms with Crippen LogP contribution in [0.4, 0.5) is 11.8 Å². The van der Waals surface area contributed by atoms with Crippen LogP contribution in [-0.4, -0.2) is 40.4 Å². The van der Waals surface area contributed by atoms with Gasteiger partial charge in [0.1, 0.15) is 11.4 Å². The molecule has 1 fully saturated rings. The number of hydrogen-bond acceptors (Lipinski definition) is 7. The number of nitrogens with one attached hydrogen (secondary N) is 2. The van der Waals surface area contributed by atoms with E-state index in [0.29, 0.717) is 42.4 Å². The topological polar surface area (TPSA) is 105 Å². The van der Waals surface area contributed by atoms with Crippen LogP contribution in [0.25, 0.3) is 0 Å². The van der Waals surface area contributed by atoms with Crippen molar-refractivity contribution in [1.29, 1.82) is 0 Å². The van der Waals surface area contributed by atoms with Gasteiger partial charge in [0.2, 0.25) is 5.95 Å². The van der Waals surface area contributed by atoms with E-state index in [1.54, 1.807) is 6.20 Å². The van der Waals surface area contributed by atoms with Crippen LogP contribution in [0.2, 0.25) is 0 Å². The molecule has 17 heavy (non-hydrogen) atoms. The number of nitrogens with zero attached hydrogens (tertiary/aromatic N) is 2. The van der Waals surface area contributed by atoms with Gasteiger partial charge in [-0.1, -0.05) is 0 Å². The van der Waals surface area contributed by atoms with Crippen molar-refractivity contribution in [2.24, 2.45) is 5.84 Å². The molecule has 2 rings (SSSR count). The monoisotopic (exact) mass is 303 g/mol. The molecule has 1 aliphatic heterocycles. The van der Waals surface area contributed by atoms with Crippen molar-refractivity contribution in [2.45, 2.75) is 12.0 Å². The minimum absolute atomic E-state index is 0.311. The summed E-state index contributed by atoms with van der Waals surface area (Å²) in [6, 6.07) is 0. The fraction of sp³-hybridized carbons (Fsp3) is 0.556. The summed E-state index contributed by atoms with van der Waals surface area (Å²) < 4.78 is 5.86. The number of nitrogens with two attached hydrogens (primary N) is 1. The van der Waals surface area contributed by atoms with Gasteiger partial charge in [-0.05, 0) is 15.9 Å². The lowest BCUT2D eigenvalue weighted by Gasteiger charge is -2.21. The van der Waals surface area contributed by atoms with Gasteiger partial charge >= 0.3 is 0 Å². The standard InChI is InChI=1S/C9H14BrN5O2/c10-6-3-12-8(15-11)14-7(6)13-4-9(16)1-2-17-5-9/h3,16H,1-2,4-5,11H2,(H2,12,13,14,15). The molecule has 0 aromatic carbocycles.